The Morgan fingerprint density at radius 2 is 2.17 bits per heavy atom. The predicted octanol–water partition coefficient (Wildman–Crippen LogP) is 4.20. The molecule has 3 atom stereocenters. The van der Waals surface area contributed by atoms with Crippen molar-refractivity contribution >= 4 is 5.97 Å². The van der Waals surface area contributed by atoms with Crippen molar-refractivity contribution in [3.8, 4) is 0 Å². The summed E-state index contributed by atoms with van der Waals surface area (Å²) in [5, 5.41) is 9.03. The standard InChI is InChI=1S/C16H24O2/c1-10(2)14-7-6-11(3)15(9-14)8-12(4)13(5)16(17)18/h6,8,12-14H,1,7,9H2,2-5H3,(H,17,18)/b15-8+/t12-,13-,14+/m0/s1. The number of carbonyl (C=O) groups is 1. The summed E-state index contributed by atoms with van der Waals surface area (Å²) in [7, 11) is 0. The summed E-state index contributed by atoms with van der Waals surface area (Å²) in [4.78, 5) is 11.0. The van der Waals surface area contributed by atoms with E-state index in [0.29, 0.717) is 5.92 Å². The SMILES string of the molecule is C=C(C)[C@@H]1CC=C(C)/C(=C/[C@H](C)[C@H](C)C(=O)O)C1. The number of rotatable bonds is 4. The fourth-order valence-corrected chi connectivity index (χ4v) is 2.22. The molecule has 2 nitrogen and oxygen atoms in total. The predicted molar refractivity (Wildman–Crippen MR) is 75.3 cm³/mol. The van der Waals surface area contributed by atoms with E-state index >= 15 is 0 Å². The summed E-state index contributed by atoms with van der Waals surface area (Å²) >= 11 is 0. The number of hydrogen-bond acceptors (Lipinski definition) is 1. The number of hydrogen-bond donors (Lipinski definition) is 1. The molecule has 0 saturated heterocycles. The molecule has 0 unspecified atom stereocenters. The van der Waals surface area contributed by atoms with Gasteiger partial charge < -0.3 is 5.11 Å². The fraction of sp³-hybridized carbons (Fsp3) is 0.562. The lowest BCUT2D eigenvalue weighted by atomic mass is 9.80. The van der Waals surface area contributed by atoms with Gasteiger partial charge in [-0.05, 0) is 44.1 Å². The molecule has 0 aromatic heterocycles. The number of allylic oxidation sites excluding steroid dienone is 5. The highest BCUT2D eigenvalue weighted by Gasteiger charge is 2.21. The molecular weight excluding hydrogens is 224 g/mol. The first-order chi connectivity index (χ1) is 8.32. The molecule has 0 heterocycles. The van der Waals surface area contributed by atoms with Gasteiger partial charge in [0.1, 0.15) is 0 Å². The topological polar surface area (TPSA) is 37.3 Å². The van der Waals surface area contributed by atoms with Crippen LogP contribution in [0.5, 0.6) is 0 Å². The molecule has 0 bridgehead atoms. The van der Waals surface area contributed by atoms with Crippen LogP contribution in [0.15, 0.2) is 35.5 Å². The molecule has 0 aromatic rings. The zero-order chi connectivity index (χ0) is 13.9. The highest BCUT2D eigenvalue weighted by Crippen LogP contribution is 2.33. The molecular formula is C16H24O2. The van der Waals surface area contributed by atoms with Crippen LogP contribution in [0.25, 0.3) is 0 Å². The monoisotopic (exact) mass is 248 g/mol. The maximum Gasteiger partial charge on any atom is 0.306 e. The van der Waals surface area contributed by atoms with Crippen LogP contribution in [0.4, 0.5) is 0 Å². The summed E-state index contributed by atoms with van der Waals surface area (Å²) in [6.07, 6.45) is 6.42. The van der Waals surface area contributed by atoms with Crippen molar-refractivity contribution < 1.29 is 9.90 Å². The molecule has 100 valence electrons. The molecule has 0 aliphatic heterocycles. The Bertz CT molecular complexity index is 401. The van der Waals surface area contributed by atoms with Gasteiger partial charge in [-0.3, -0.25) is 4.79 Å². The molecule has 1 aliphatic carbocycles. The highest BCUT2D eigenvalue weighted by atomic mass is 16.4. The van der Waals surface area contributed by atoms with Crippen molar-refractivity contribution in [1.82, 2.24) is 0 Å². The lowest BCUT2D eigenvalue weighted by molar-refractivity contribution is -0.142. The molecule has 0 amide bonds. The Hall–Kier alpha value is -1.31. The molecule has 0 radical (unpaired) electrons. The van der Waals surface area contributed by atoms with Crippen LogP contribution in [0.1, 0.15) is 40.5 Å². The van der Waals surface area contributed by atoms with Crippen molar-refractivity contribution in [2.24, 2.45) is 17.8 Å². The largest absolute Gasteiger partial charge is 0.481 e. The van der Waals surface area contributed by atoms with Crippen molar-refractivity contribution in [2.45, 2.75) is 40.5 Å². The van der Waals surface area contributed by atoms with E-state index in [4.69, 9.17) is 5.11 Å². The fourth-order valence-electron chi connectivity index (χ4n) is 2.22. The smallest absolute Gasteiger partial charge is 0.306 e. The summed E-state index contributed by atoms with van der Waals surface area (Å²) in [6, 6.07) is 0. The minimum atomic E-state index is -0.728. The van der Waals surface area contributed by atoms with E-state index in [1.807, 2.05) is 6.92 Å². The number of aliphatic carboxylic acids is 1. The second-order valence-electron chi connectivity index (χ2n) is 5.55. The van der Waals surface area contributed by atoms with E-state index in [2.05, 4.69) is 32.6 Å². The first-order valence-corrected chi connectivity index (χ1v) is 6.59. The normalized spacial score (nSPS) is 25.4. The zero-order valence-electron chi connectivity index (χ0n) is 11.9. The van der Waals surface area contributed by atoms with Gasteiger partial charge in [-0.1, -0.05) is 43.7 Å². The zero-order valence-corrected chi connectivity index (χ0v) is 11.9. The third-order valence-electron chi connectivity index (χ3n) is 4.02. The molecule has 1 aliphatic rings. The first kappa shape index (κ1) is 14.7. The molecule has 0 saturated carbocycles. The Kier molecular flexibility index (Phi) is 4.94. The molecule has 18 heavy (non-hydrogen) atoms. The third kappa shape index (κ3) is 3.59. The van der Waals surface area contributed by atoms with Gasteiger partial charge >= 0.3 is 5.97 Å². The van der Waals surface area contributed by atoms with Gasteiger partial charge in [-0.15, -0.1) is 0 Å². The minimum Gasteiger partial charge on any atom is -0.481 e. The highest BCUT2D eigenvalue weighted by molar-refractivity contribution is 5.70. The van der Waals surface area contributed by atoms with Crippen LogP contribution in [0.3, 0.4) is 0 Å². The van der Waals surface area contributed by atoms with Crippen LogP contribution >= 0.6 is 0 Å². The van der Waals surface area contributed by atoms with E-state index in [9.17, 15) is 4.79 Å². The summed E-state index contributed by atoms with van der Waals surface area (Å²) < 4.78 is 0. The second-order valence-corrected chi connectivity index (χ2v) is 5.55. The van der Waals surface area contributed by atoms with Gasteiger partial charge in [0.05, 0.1) is 5.92 Å². The van der Waals surface area contributed by atoms with Gasteiger partial charge in [-0.25, -0.2) is 0 Å². The molecule has 1 N–H and O–H groups in total. The van der Waals surface area contributed by atoms with Gasteiger partial charge in [0.2, 0.25) is 0 Å². The summed E-state index contributed by atoms with van der Waals surface area (Å²) in [5.74, 6) is -0.499. The van der Waals surface area contributed by atoms with E-state index in [1.54, 1.807) is 6.92 Å². The van der Waals surface area contributed by atoms with Gasteiger partial charge in [0.25, 0.3) is 0 Å². The molecule has 2 heteroatoms. The van der Waals surface area contributed by atoms with Crippen LogP contribution < -0.4 is 0 Å². The van der Waals surface area contributed by atoms with E-state index in [-0.39, 0.29) is 11.8 Å². The average molecular weight is 248 g/mol. The van der Waals surface area contributed by atoms with Crippen LogP contribution in [-0.4, -0.2) is 11.1 Å². The van der Waals surface area contributed by atoms with Gasteiger partial charge in [-0.2, -0.15) is 0 Å². The van der Waals surface area contributed by atoms with Crippen LogP contribution in [0.2, 0.25) is 0 Å². The quantitative estimate of drug-likeness (QED) is 0.757. The van der Waals surface area contributed by atoms with Crippen molar-refractivity contribution in [2.75, 3.05) is 0 Å². The van der Waals surface area contributed by atoms with Crippen molar-refractivity contribution in [3.05, 3.63) is 35.5 Å². The minimum absolute atomic E-state index is 0.0599. The van der Waals surface area contributed by atoms with Crippen LogP contribution in [-0.2, 0) is 4.79 Å². The van der Waals surface area contributed by atoms with Gasteiger partial charge in [0.15, 0.2) is 0 Å². The second kappa shape index (κ2) is 6.03. The van der Waals surface area contributed by atoms with E-state index < -0.39 is 5.97 Å². The Morgan fingerprint density at radius 1 is 1.56 bits per heavy atom. The van der Waals surface area contributed by atoms with Gasteiger partial charge in [0, 0.05) is 0 Å². The van der Waals surface area contributed by atoms with Crippen molar-refractivity contribution in [1.29, 1.82) is 0 Å². The van der Waals surface area contributed by atoms with Crippen molar-refractivity contribution in [3.63, 3.8) is 0 Å². The third-order valence-corrected chi connectivity index (χ3v) is 4.02. The lowest BCUT2D eigenvalue weighted by Gasteiger charge is -2.25. The Labute approximate surface area is 110 Å². The summed E-state index contributed by atoms with van der Waals surface area (Å²) in [6.45, 7) is 12.0. The van der Waals surface area contributed by atoms with E-state index in [1.165, 1.54) is 16.7 Å². The molecule has 0 aromatic carbocycles. The molecule has 0 fully saturated rings. The molecule has 1 rings (SSSR count). The maximum atomic E-state index is 11.0. The molecule has 0 spiro atoms. The maximum absolute atomic E-state index is 11.0. The lowest BCUT2D eigenvalue weighted by Crippen LogP contribution is -2.18. The number of carboxylic acids is 1. The van der Waals surface area contributed by atoms with Crippen LogP contribution in [0, 0.1) is 17.8 Å². The Balaban J connectivity index is 2.87. The average Bonchev–Trinajstić information content (AvgIpc) is 2.30. The summed E-state index contributed by atoms with van der Waals surface area (Å²) in [5.41, 5.74) is 3.79. The first-order valence-electron chi connectivity index (χ1n) is 6.59. The number of carboxylic acid groups (broad SMARTS) is 1. The van der Waals surface area contributed by atoms with E-state index in [0.717, 1.165) is 12.8 Å². The Morgan fingerprint density at radius 3 is 2.67 bits per heavy atom.